The fraction of sp³-hybridized carbons (Fsp3) is 0.429. The second-order valence-corrected chi connectivity index (χ2v) is 5.10. The Morgan fingerprint density at radius 2 is 2.06 bits per heavy atom. The molecule has 0 heterocycles. The normalized spacial score (nSPS) is 23.8. The van der Waals surface area contributed by atoms with Crippen LogP contribution in [0.3, 0.4) is 0 Å². The molecule has 1 aromatic carbocycles. The van der Waals surface area contributed by atoms with Gasteiger partial charge in [-0.05, 0) is 25.3 Å². The molecule has 1 atom stereocenters. The number of hydrogen-bond donors (Lipinski definition) is 1. The molecule has 18 heavy (non-hydrogen) atoms. The Hall–Kier alpha value is -1.35. The number of hydrogen-bond acceptors (Lipinski definition) is 2. The van der Waals surface area contributed by atoms with Crippen molar-refractivity contribution >= 4 is 23.3 Å². The Balaban J connectivity index is 2.51. The summed E-state index contributed by atoms with van der Waals surface area (Å²) in [6.45, 7) is 1.43. The van der Waals surface area contributed by atoms with Gasteiger partial charge in [0.25, 0.3) is 0 Å². The number of benzene rings is 1. The molecular weight excluding hydrogens is 250 g/mol. The minimum Gasteiger partial charge on any atom is -0.340 e. The highest BCUT2D eigenvalue weighted by Gasteiger charge is 2.43. The maximum atomic E-state index is 12.3. The first-order valence-corrected chi connectivity index (χ1v) is 6.51. The summed E-state index contributed by atoms with van der Waals surface area (Å²) in [6, 6.07) is 7.23. The molecule has 0 aromatic heterocycles. The van der Waals surface area contributed by atoms with Gasteiger partial charge in [-0.1, -0.05) is 29.8 Å². The highest BCUT2D eigenvalue weighted by molar-refractivity contribution is 6.31. The first-order valence-electron chi connectivity index (χ1n) is 6.13. The fourth-order valence-corrected chi connectivity index (χ4v) is 2.92. The van der Waals surface area contributed by atoms with Crippen molar-refractivity contribution in [3.8, 4) is 0 Å². The highest BCUT2D eigenvalue weighted by Crippen LogP contribution is 2.37. The molecule has 0 bridgehead atoms. The van der Waals surface area contributed by atoms with E-state index in [0.29, 0.717) is 23.4 Å². The lowest BCUT2D eigenvalue weighted by Crippen LogP contribution is -2.52. The zero-order chi connectivity index (χ0) is 13.2. The van der Waals surface area contributed by atoms with Gasteiger partial charge < -0.3 is 5.32 Å². The van der Waals surface area contributed by atoms with E-state index in [0.717, 1.165) is 12.8 Å². The number of ketones is 1. The molecule has 0 radical (unpaired) electrons. The van der Waals surface area contributed by atoms with E-state index < -0.39 is 5.54 Å². The van der Waals surface area contributed by atoms with E-state index in [9.17, 15) is 9.59 Å². The van der Waals surface area contributed by atoms with Crippen molar-refractivity contribution in [3.63, 3.8) is 0 Å². The van der Waals surface area contributed by atoms with Crippen LogP contribution in [0.15, 0.2) is 24.3 Å². The van der Waals surface area contributed by atoms with Gasteiger partial charge in [0.2, 0.25) is 5.91 Å². The van der Waals surface area contributed by atoms with Crippen LogP contribution in [0.1, 0.15) is 38.2 Å². The van der Waals surface area contributed by atoms with Crippen LogP contribution in [0.4, 0.5) is 0 Å². The molecule has 96 valence electrons. The van der Waals surface area contributed by atoms with Crippen molar-refractivity contribution < 1.29 is 9.59 Å². The van der Waals surface area contributed by atoms with Gasteiger partial charge in [0.1, 0.15) is 5.54 Å². The minimum atomic E-state index is -0.928. The number of Topliss-reactive ketones (excluding diaryl/α,β-unsaturated/α-hetero) is 1. The topological polar surface area (TPSA) is 46.2 Å². The summed E-state index contributed by atoms with van der Waals surface area (Å²) in [6.07, 6.45) is 2.91. The summed E-state index contributed by atoms with van der Waals surface area (Å²) >= 11 is 6.19. The molecule has 2 rings (SSSR count). The Morgan fingerprint density at radius 3 is 2.67 bits per heavy atom. The van der Waals surface area contributed by atoms with E-state index >= 15 is 0 Å². The molecule has 1 aliphatic rings. The Bertz CT molecular complexity index is 486. The predicted octanol–water partition coefficient (Wildman–Crippen LogP) is 2.81. The first kappa shape index (κ1) is 13.1. The van der Waals surface area contributed by atoms with Crippen LogP contribution in [0.5, 0.6) is 0 Å². The number of rotatable bonds is 2. The summed E-state index contributed by atoms with van der Waals surface area (Å²) < 4.78 is 0. The van der Waals surface area contributed by atoms with Crippen molar-refractivity contribution in [1.82, 2.24) is 5.32 Å². The number of carbonyl (C=O) groups is 2. The Morgan fingerprint density at radius 1 is 1.33 bits per heavy atom. The largest absolute Gasteiger partial charge is 0.340 e. The van der Waals surface area contributed by atoms with Crippen LogP contribution >= 0.6 is 11.6 Å². The van der Waals surface area contributed by atoms with E-state index in [2.05, 4.69) is 5.32 Å². The number of amides is 1. The third-order valence-corrected chi connectivity index (χ3v) is 3.73. The van der Waals surface area contributed by atoms with Crippen LogP contribution in [0.2, 0.25) is 5.02 Å². The number of nitrogens with one attached hydrogen (secondary N) is 1. The highest BCUT2D eigenvalue weighted by atomic mass is 35.5. The predicted molar refractivity (Wildman–Crippen MR) is 70.4 cm³/mol. The van der Waals surface area contributed by atoms with E-state index in [1.54, 1.807) is 6.07 Å². The molecule has 0 saturated heterocycles. The van der Waals surface area contributed by atoms with Crippen molar-refractivity contribution in [2.45, 2.75) is 38.1 Å². The molecule has 0 spiro atoms. The monoisotopic (exact) mass is 265 g/mol. The summed E-state index contributed by atoms with van der Waals surface area (Å²) in [5, 5.41) is 3.36. The zero-order valence-corrected chi connectivity index (χ0v) is 11.1. The average molecular weight is 266 g/mol. The van der Waals surface area contributed by atoms with Crippen LogP contribution in [0.25, 0.3) is 0 Å². The summed E-state index contributed by atoms with van der Waals surface area (Å²) in [4.78, 5) is 23.8. The van der Waals surface area contributed by atoms with Crippen LogP contribution in [-0.2, 0) is 15.1 Å². The quantitative estimate of drug-likeness (QED) is 0.894. The van der Waals surface area contributed by atoms with E-state index in [1.807, 2.05) is 18.2 Å². The van der Waals surface area contributed by atoms with Gasteiger partial charge >= 0.3 is 0 Å². The molecule has 1 unspecified atom stereocenters. The molecule has 1 amide bonds. The molecule has 1 aromatic rings. The summed E-state index contributed by atoms with van der Waals surface area (Å²) in [5.41, 5.74) is -0.214. The second-order valence-electron chi connectivity index (χ2n) is 4.70. The minimum absolute atomic E-state index is 0.0528. The third-order valence-electron chi connectivity index (χ3n) is 3.40. The van der Waals surface area contributed by atoms with Gasteiger partial charge in [-0.25, -0.2) is 0 Å². The fourth-order valence-electron chi connectivity index (χ4n) is 2.62. The summed E-state index contributed by atoms with van der Waals surface area (Å²) in [5.74, 6) is -0.151. The molecule has 3 nitrogen and oxygen atoms in total. The molecule has 1 fully saturated rings. The van der Waals surface area contributed by atoms with E-state index in [4.69, 9.17) is 11.6 Å². The van der Waals surface area contributed by atoms with Crippen molar-refractivity contribution in [2.75, 3.05) is 0 Å². The van der Waals surface area contributed by atoms with E-state index in [1.165, 1.54) is 6.92 Å². The second kappa shape index (κ2) is 5.11. The van der Waals surface area contributed by atoms with Crippen LogP contribution in [0, 0.1) is 0 Å². The average Bonchev–Trinajstić information content (AvgIpc) is 2.32. The maximum absolute atomic E-state index is 12.3. The van der Waals surface area contributed by atoms with Gasteiger partial charge in [-0.3, -0.25) is 9.59 Å². The smallest absolute Gasteiger partial charge is 0.217 e. The molecular formula is C14H16ClNO2. The van der Waals surface area contributed by atoms with Crippen molar-refractivity contribution in [1.29, 1.82) is 0 Å². The van der Waals surface area contributed by atoms with E-state index in [-0.39, 0.29) is 11.7 Å². The lowest BCUT2D eigenvalue weighted by Gasteiger charge is -2.37. The van der Waals surface area contributed by atoms with Crippen LogP contribution in [-0.4, -0.2) is 11.7 Å². The van der Waals surface area contributed by atoms with Crippen molar-refractivity contribution in [3.05, 3.63) is 34.9 Å². The maximum Gasteiger partial charge on any atom is 0.217 e. The van der Waals surface area contributed by atoms with Gasteiger partial charge in [-0.15, -0.1) is 0 Å². The Kier molecular flexibility index (Phi) is 3.71. The van der Waals surface area contributed by atoms with Crippen molar-refractivity contribution in [2.24, 2.45) is 0 Å². The third kappa shape index (κ3) is 2.27. The number of carbonyl (C=O) groups excluding carboxylic acids is 2. The van der Waals surface area contributed by atoms with Gasteiger partial charge in [-0.2, -0.15) is 0 Å². The van der Waals surface area contributed by atoms with Gasteiger partial charge in [0, 0.05) is 23.9 Å². The first-order chi connectivity index (χ1) is 8.56. The lowest BCUT2D eigenvalue weighted by atomic mass is 9.75. The summed E-state index contributed by atoms with van der Waals surface area (Å²) in [7, 11) is 0. The lowest BCUT2D eigenvalue weighted by molar-refractivity contribution is -0.133. The molecule has 1 N–H and O–H groups in total. The van der Waals surface area contributed by atoms with Gasteiger partial charge in [0.15, 0.2) is 5.78 Å². The number of halogens is 1. The molecule has 0 aliphatic heterocycles. The molecule has 1 saturated carbocycles. The SMILES string of the molecule is CC(=O)NC1(c2ccccc2Cl)CCCCC1=O. The Labute approximate surface area is 112 Å². The molecule has 4 heteroatoms. The van der Waals surface area contributed by atoms with Crippen LogP contribution < -0.4 is 5.32 Å². The standard InChI is InChI=1S/C14H16ClNO2/c1-10(17)16-14(9-5-4-8-13(14)18)11-6-2-3-7-12(11)15/h2-3,6-7H,4-5,8-9H2,1H3,(H,16,17). The van der Waals surface area contributed by atoms with Gasteiger partial charge in [0.05, 0.1) is 0 Å². The molecule has 1 aliphatic carbocycles. The zero-order valence-electron chi connectivity index (χ0n) is 10.3.